The van der Waals surface area contributed by atoms with Gasteiger partial charge in [-0.1, -0.05) is 95.6 Å². The molecule has 0 spiro atoms. The average molecular weight is 495 g/mol. The van der Waals surface area contributed by atoms with Gasteiger partial charge in [0.2, 0.25) is 11.8 Å². The number of halogens is 1. The van der Waals surface area contributed by atoms with Crippen LogP contribution in [-0.4, -0.2) is 45.3 Å². The second-order valence-corrected chi connectivity index (χ2v) is 10.4. The molecule has 2 bridgehead atoms. The molecule has 5 rings (SSSR count). The number of imide groups is 1. The molecule has 1 N–H and O–H groups in total. The van der Waals surface area contributed by atoms with Crippen LogP contribution in [0.4, 0.5) is 0 Å². The number of hydrogen-bond acceptors (Lipinski definition) is 5. The molecule has 0 aromatic heterocycles. The van der Waals surface area contributed by atoms with Crippen LogP contribution in [0, 0.1) is 21.7 Å². The molecule has 1 aliphatic heterocycles. The Morgan fingerprint density at radius 1 is 0.969 bits per heavy atom. The highest BCUT2D eigenvalue weighted by atomic mass is 79.9. The first kappa shape index (κ1) is 21.2. The van der Waals surface area contributed by atoms with Crippen molar-refractivity contribution in [2.75, 3.05) is 13.1 Å². The van der Waals surface area contributed by atoms with E-state index < -0.39 is 33.1 Å². The summed E-state index contributed by atoms with van der Waals surface area (Å²) in [7, 11) is 0. The summed E-state index contributed by atoms with van der Waals surface area (Å²) in [5.41, 5.74) is 1.48. The summed E-state index contributed by atoms with van der Waals surface area (Å²) in [5.74, 6) is -1.60. The minimum absolute atomic E-state index is 0.0609. The molecular weight excluding hydrogens is 472 g/mol. The fourth-order valence-electron chi connectivity index (χ4n) is 6.48. The molecule has 5 unspecified atom stereocenters. The van der Waals surface area contributed by atoms with Gasteiger partial charge in [-0.05, 0) is 22.3 Å². The molecule has 1 saturated heterocycles. The third kappa shape index (κ3) is 2.23. The van der Waals surface area contributed by atoms with Crippen LogP contribution < -0.4 is 0 Å². The van der Waals surface area contributed by atoms with E-state index in [9.17, 15) is 19.6 Å². The molecule has 1 heterocycles. The SMILES string of the molecule is CC12C(c3ccccc3)=C(c3ccccc3)C(C)(C1O)C1(Br)C(=O)N(CCN=O)C(=O)C21. The maximum atomic E-state index is 13.7. The Labute approximate surface area is 194 Å². The minimum atomic E-state index is -1.32. The highest BCUT2D eigenvalue weighted by Crippen LogP contribution is 2.79. The predicted molar refractivity (Wildman–Crippen MR) is 124 cm³/mol. The number of fused-ring (bicyclic) bond motifs is 5. The second-order valence-electron chi connectivity index (χ2n) is 9.16. The number of likely N-dealkylation sites (tertiary alicyclic amines) is 1. The highest BCUT2D eigenvalue weighted by molar-refractivity contribution is 9.10. The molecule has 3 aliphatic rings. The number of aliphatic hydroxyl groups is 1. The van der Waals surface area contributed by atoms with Gasteiger partial charge in [0.1, 0.15) is 4.32 Å². The van der Waals surface area contributed by atoms with E-state index in [1.54, 1.807) is 0 Å². The van der Waals surface area contributed by atoms with Gasteiger partial charge in [0.25, 0.3) is 0 Å². The third-order valence-corrected chi connectivity index (χ3v) is 9.41. The van der Waals surface area contributed by atoms with E-state index in [1.165, 1.54) is 0 Å². The molecule has 5 atom stereocenters. The number of nitroso groups, excluding NO2 is 1. The monoisotopic (exact) mass is 494 g/mol. The van der Waals surface area contributed by atoms with Gasteiger partial charge in [-0.25, -0.2) is 0 Å². The lowest BCUT2D eigenvalue weighted by atomic mass is 9.63. The molecule has 2 amide bonds. The molecule has 164 valence electrons. The van der Waals surface area contributed by atoms with E-state index in [0.717, 1.165) is 27.2 Å². The predicted octanol–water partition coefficient (Wildman–Crippen LogP) is 3.88. The van der Waals surface area contributed by atoms with Crippen molar-refractivity contribution in [2.24, 2.45) is 21.9 Å². The number of rotatable bonds is 5. The molecule has 32 heavy (non-hydrogen) atoms. The van der Waals surface area contributed by atoms with Crippen LogP contribution in [-0.2, 0) is 9.59 Å². The molecule has 7 heteroatoms. The largest absolute Gasteiger partial charge is 0.391 e. The lowest BCUT2D eigenvalue weighted by Gasteiger charge is -2.42. The quantitative estimate of drug-likeness (QED) is 0.388. The van der Waals surface area contributed by atoms with Crippen LogP contribution in [0.2, 0.25) is 0 Å². The first-order valence-corrected chi connectivity index (χ1v) is 11.4. The van der Waals surface area contributed by atoms with Crippen LogP contribution in [0.3, 0.4) is 0 Å². The Bertz CT molecular complexity index is 1170. The van der Waals surface area contributed by atoms with E-state index >= 15 is 0 Å². The summed E-state index contributed by atoms with van der Waals surface area (Å²) >= 11 is 3.72. The van der Waals surface area contributed by atoms with Crippen LogP contribution in [0.1, 0.15) is 25.0 Å². The Kier molecular flexibility index (Phi) is 4.59. The molecule has 1 saturated carbocycles. The maximum Gasteiger partial charge on any atom is 0.248 e. The smallest absolute Gasteiger partial charge is 0.248 e. The van der Waals surface area contributed by atoms with Crippen molar-refractivity contribution >= 4 is 38.9 Å². The van der Waals surface area contributed by atoms with Crippen molar-refractivity contribution < 1.29 is 14.7 Å². The average Bonchev–Trinajstić information content (AvgIpc) is 3.18. The standard InChI is InChI=1S/C25H23BrN2O4/c1-23-17(15-9-5-3-6-10-15)18(16-11-7-4-8-12-16)24(2,21(23)30)25(26)19(23)20(29)28(22(25)31)14-13-27-32/h3-12,19,21,30H,13-14H2,1-2H3. The molecule has 2 fully saturated rings. The Morgan fingerprint density at radius 2 is 1.50 bits per heavy atom. The van der Waals surface area contributed by atoms with Crippen LogP contribution in [0.25, 0.3) is 11.1 Å². The maximum absolute atomic E-state index is 13.7. The van der Waals surface area contributed by atoms with Crippen LogP contribution >= 0.6 is 15.9 Å². The lowest BCUT2D eigenvalue weighted by Crippen LogP contribution is -2.51. The van der Waals surface area contributed by atoms with Gasteiger partial charge in [0, 0.05) is 10.8 Å². The number of amides is 2. The first-order chi connectivity index (χ1) is 15.3. The zero-order valence-electron chi connectivity index (χ0n) is 17.8. The van der Waals surface area contributed by atoms with Crippen LogP contribution in [0.15, 0.2) is 65.8 Å². The van der Waals surface area contributed by atoms with Gasteiger partial charge < -0.3 is 5.11 Å². The van der Waals surface area contributed by atoms with E-state index in [4.69, 9.17) is 0 Å². The summed E-state index contributed by atoms with van der Waals surface area (Å²) in [6.07, 6.45) is -0.968. The number of carbonyl (C=O) groups is 2. The molecular formula is C25H23BrN2O4. The van der Waals surface area contributed by atoms with Crippen molar-refractivity contribution in [3.63, 3.8) is 0 Å². The summed E-state index contributed by atoms with van der Waals surface area (Å²) in [6.45, 7) is 3.53. The molecule has 2 aromatic carbocycles. The van der Waals surface area contributed by atoms with Gasteiger partial charge in [-0.15, -0.1) is 0 Å². The zero-order chi connectivity index (χ0) is 22.9. The summed E-state index contributed by atoms with van der Waals surface area (Å²) in [6, 6.07) is 19.5. The topological polar surface area (TPSA) is 87.0 Å². The number of carbonyl (C=O) groups excluding carboxylic acids is 2. The van der Waals surface area contributed by atoms with Crippen molar-refractivity contribution in [3.8, 4) is 0 Å². The van der Waals surface area contributed by atoms with Gasteiger partial charge in [0.15, 0.2) is 0 Å². The van der Waals surface area contributed by atoms with Gasteiger partial charge in [-0.2, -0.15) is 4.91 Å². The lowest BCUT2D eigenvalue weighted by molar-refractivity contribution is -0.142. The summed E-state index contributed by atoms with van der Waals surface area (Å²) in [5, 5.41) is 14.7. The Balaban J connectivity index is 1.83. The van der Waals surface area contributed by atoms with Crippen molar-refractivity contribution in [2.45, 2.75) is 24.3 Å². The number of nitrogens with zero attached hydrogens (tertiary/aromatic N) is 2. The third-order valence-electron chi connectivity index (χ3n) is 7.79. The highest BCUT2D eigenvalue weighted by Gasteiger charge is 2.85. The number of aliphatic hydroxyl groups excluding tert-OH is 1. The zero-order valence-corrected chi connectivity index (χ0v) is 19.4. The van der Waals surface area contributed by atoms with Crippen molar-refractivity contribution in [1.29, 1.82) is 0 Å². The number of alkyl halides is 1. The van der Waals surface area contributed by atoms with E-state index in [1.807, 2.05) is 74.5 Å². The summed E-state index contributed by atoms with van der Waals surface area (Å²) < 4.78 is -1.32. The summed E-state index contributed by atoms with van der Waals surface area (Å²) in [4.78, 5) is 39.2. The fourth-order valence-corrected chi connectivity index (χ4v) is 7.79. The Hall–Kier alpha value is -2.64. The Morgan fingerprint density at radius 3 is 2.03 bits per heavy atom. The van der Waals surface area contributed by atoms with Gasteiger partial charge >= 0.3 is 0 Å². The minimum Gasteiger partial charge on any atom is -0.391 e. The molecule has 0 radical (unpaired) electrons. The molecule has 6 nitrogen and oxygen atoms in total. The van der Waals surface area contributed by atoms with Crippen molar-refractivity contribution in [1.82, 2.24) is 4.90 Å². The van der Waals surface area contributed by atoms with Gasteiger partial charge in [0.05, 0.1) is 25.1 Å². The molecule has 2 aromatic rings. The fraction of sp³-hybridized carbons (Fsp3) is 0.360. The van der Waals surface area contributed by atoms with E-state index in [-0.39, 0.29) is 19.0 Å². The molecule has 2 aliphatic carbocycles. The van der Waals surface area contributed by atoms with Gasteiger partial charge in [-0.3, -0.25) is 14.5 Å². The second kappa shape index (κ2) is 6.93. The number of benzene rings is 2. The number of hydrogen-bond donors (Lipinski definition) is 1. The van der Waals surface area contributed by atoms with Crippen molar-refractivity contribution in [3.05, 3.63) is 76.7 Å². The van der Waals surface area contributed by atoms with E-state index in [0.29, 0.717) is 0 Å². The van der Waals surface area contributed by atoms with E-state index in [2.05, 4.69) is 21.1 Å². The first-order valence-electron chi connectivity index (χ1n) is 10.6. The normalized spacial score (nSPS) is 35.6. The van der Waals surface area contributed by atoms with Crippen LogP contribution in [0.5, 0.6) is 0 Å².